The molecule has 1 aliphatic heterocycles. The molecule has 4 nitrogen and oxygen atoms in total. The van der Waals surface area contributed by atoms with Crippen molar-refractivity contribution >= 4 is 7.75 Å². The average molecular weight is 235 g/mol. The van der Waals surface area contributed by atoms with Crippen molar-refractivity contribution in [3.63, 3.8) is 0 Å². The van der Waals surface area contributed by atoms with Crippen LogP contribution in [0.4, 0.5) is 0 Å². The molecule has 0 radical (unpaired) electrons. The summed E-state index contributed by atoms with van der Waals surface area (Å²) in [5.74, 6) is 0. The van der Waals surface area contributed by atoms with Gasteiger partial charge in [0.05, 0.1) is 13.2 Å². The van der Waals surface area contributed by atoms with E-state index in [0.29, 0.717) is 13.2 Å². The monoisotopic (exact) mass is 235 g/mol. The van der Waals surface area contributed by atoms with Crippen LogP contribution in [0.25, 0.3) is 0 Å². The number of hydrogen-bond acceptors (Lipinski definition) is 3. The average Bonchev–Trinajstić information content (AvgIpc) is 2.46. The molecule has 0 unspecified atom stereocenters. The summed E-state index contributed by atoms with van der Waals surface area (Å²) in [6.45, 7) is 6.24. The highest BCUT2D eigenvalue weighted by molar-refractivity contribution is 7.51. The molecule has 0 aromatic carbocycles. The molecule has 0 aromatic heterocycles. The molecule has 1 rings (SSSR count). The lowest BCUT2D eigenvalue weighted by Crippen LogP contribution is -2.24. The summed E-state index contributed by atoms with van der Waals surface area (Å²) in [6, 6.07) is 0. The van der Waals surface area contributed by atoms with E-state index in [1.165, 1.54) is 12.8 Å². The second-order valence-corrected chi connectivity index (χ2v) is 5.69. The second-order valence-electron chi connectivity index (χ2n) is 3.67. The Hall–Kier alpha value is 0.110. The van der Waals surface area contributed by atoms with Gasteiger partial charge in [0.15, 0.2) is 0 Å². The molecule has 15 heavy (non-hydrogen) atoms. The molecule has 0 aliphatic carbocycles. The van der Waals surface area contributed by atoms with Crippen LogP contribution in [0.3, 0.4) is 0 Å². The lowest BCUT2D eigenvalue weighted by atomic mass is 10.2. The van der Waals surface area contributed by atoms with Gasteiger partial charge in [0.2, 0.25) is 0 Å². The zero-order valence-electron chi connectivity index (χ0n) is 9.78. The Morgan fingerprint density at radius 3 is 1.87 bits per heavy atom. The molecule has 1 aliphatic rings. The first kappa shape index (κ1) is 13.2. The van der Waals surface area contributed by atoms with E-state index in [4.69, 9.17) is 9.05 Å². The predicted octanol–water partition coefficient (Wildman–Crippen LogP) is 3.04. The Morgan fingerprint density at radius 1 is 1.00 bits per heavy atom. The van der Waals surface area contributed by atoms with Gasteiger partial charge < -0.3 is 0 Å². The molecule has 0 saturated carbocycles. The van der Waals surface area contributed by atoms with E-state index in [9.17, 15) is 4.57 Å². The maximum absolute atomic E-state index is 12.4. The van der Waals surface area contributed by atoms with E-state index in [0.717, 1.165) is 25.9 Å². The molecule has 0 N–H and O–H groups in total. The van der Waals surface area contributed by atoms with E-state index >= 15 is 0 Å². The Balaban J connectivity index is 2.63. The smallest absolute Gasteiger partial charge is 0.297 e. The van der Waals surface area contributed by atoms with Crippen LogP contribution in [0, 0.1) is 0 Å². The SMILES string of the molecule is CCOP(=O)(OCC)N1CCCCCC1. The summed E-state index contributed by atoms with van der Waals surface area (Å²) in [6.07, 6.45) is 4.61. The number of nitrogens with zero attached hydrogens (tertiary/aromatic N) is 1. The van der Waals surface area contributed by atoms with Crippen molar-refractivity contribution in [3.8, 4) is 0 Å². The Labute approximate surface area is 92.5 Å². The third kappa shape index (κ3) is 3.87. The molecule has 1 heterocycles. The van der Waals surface area contributed by atoms with Crippen LogP contribution in [0.1, 0.15) is 39.5 Å². The lowest BCUT2D eigenvalue weighted by molar-refractivity contribution is 0.168. The van der Waals surface area contributed by atoms with Crippen molar-refractivity contribution in [2.45, 2.75) is 39.5 Å². The van der Waals surface area contributed by atoms with Crippen LogP contribution < -0.4 is 0 Å². The molecule has 90 valence electrons. The summed E-state index contributed by atoms with van der Waals surface area (Å²) in [5, 5.41) is 0. The molecule has 0 spiro atoms. The quantitative estimate of drug-likeness (QED) is 0.686. The minimum atomic E-state index is -2.99. The summed E-state index contributed by atoms with van der Waals surface area (Å²) in [4.78, 5) is 0. The van der Waals surface area contributed by atoms with Crippen molar-refractivity contribution in [1.82, 2.24) is 4.67 Å². The fourth-order valence-corrected chi connectivity index (χ4v) is 3.65. The molecule has 0 amide bonds. The minimum absolute atomic E-state index is 0.438. The van der Waals surface area contributed by atoms with Crippen molar-refractivity contribution in [2.24, 2.45) is 0 Å². The molecule has 1 fully saturated rings. The van der Waals surface area contributed by atoms with Gasteiger partial charge in [0, 0.05) is 13.1 Å². The number of hydrogen-bond donors (Lipinski definition) is 0. The van der Waals surface area contributed by atoms with Gasteiger partial charge >= 0.3 is 7.75 Å². The van der Waals surface area contributed by atoms with Crippen LogP contribution >= 0.6 is 7.75 Å². The normalized spacial score (nSPS) is 20.1. The molecule has 0 atom stereocenters. The van der Waals surface area contributed by atoms with Gasteiger partial charge in [-0.15, -0.1) is 0 Å². The van der Waals surface area contributed by atoms with Crippen LogP contribution in [0.5, 0.6) is 0 Å². The van der Waals surface area contributed by atoms with Crippen molar-refractivity contribution in [3.05, 3.63) is 0 Å². The fraction of sp³-hybridized carbons (Fsp3) is 1.00. The zero-order chi connectivity index (χ0) is 11.1. The first-order valence-electron chi connectivity index (χ1n) is 5.87. The first-order valence-corrected chi connectivity index (χ1v) is 7.37. The molecule has 0 aromatic rings. The minimum Gasteiger partial charge on any atom is -0.297 e. The van der Waals surface area contributed by atoms with Crippen LogP contribution in [-0.4, -0.2) is 31.0 Å². The van der Waals surface area contributed by atoms with Gasteiger partial charge in [-0.3, -0.25) is 9.05 Å². The third-order valence-electron chi connectivity index (χ3n) is 2.51. The van der Waals surface area contributed by atoms with Crippen LogP contribution in [-0.2, 0) is 13.6 Å². The van der Waals surface area contributed by atoms with Crippen LogP contribution in [0.15, 0.2) is 0 Å². The molecule has 0 bridgehead atoms. The highest BCUT2D eigenvalue weighted by Crippen LogP contribution is 2.52. The van der Waals surface area contributed by atoms with Crippen molar-refractivity contribution in [1.29, 1.82) is 0 Å². The highest BCUT2D eigenvalue weighted by Gasteiger charge is 2.32. The molecular weight excluding hydrogens is 213 g/mol. The molecular formula is C10H22NO3P. The van der Waals surface area contributed by atoms with Gasteiger partial charge in [-0.2, -0.15) is 0 Å². The number of rotatable bonds is 5. The third-order valence-corrected chi connectivity index (χ3v) is 4.78. The summed E-state index contributed by atoms with van der Waals surface area (Å²) < 4.78 is 24.9. The van der Waals surface area contributed by atoms with Gasteiger partial charge in [-0.05, 0) is 26.7 Å². The maximum Gasteiger partial charge on any atom is 0.408 e. The fourth-order valence-electron chi connectivity index (χ4n) is 1.83. The molecule has 5 heteroatoms. The standard InChI is InChI=1S/C10H22NO3P/c1-3-13-15(12,14-4-2)11-9-7-5-6-8-10-11/h3-10H2,1-2H3. The van der Waals surface area contributed by atoms with Gasteiger partial charge in [0.25, 0.3) is 0 Å². The van der Waals surface area contributed by atoms with Gasteiger partial charge in [-0.1, -0.05) is 12.8 Å². The first-order chi connectivity index (χ1) is 7.23. The van der Waals surface area contributed by atoms with Crippen molar-refractivity contribution < 1.29 is 13.6 Å². The van der Waals surface area contributed by atoms with Crippen molar-refractivity contribution in [2.75, 3.05) is 26.3 Å². The summed E-state index contributed by atoms with van der Waals surface area (Å²) >= 11 is 0. The molecule has 1 saturated heterocycles. The van der Waals surface area contributed by atoms with E-state index in [2.05, 4.69) is 0 Å². The zero-order valence-corrected chi connectivity index (χ0v) is 10.7. The highest BCUT2D eigenvalue weighted by atomic mass is 31.2. The largest absolute Gasteiger partial charge is 0.408 e. The van der Waals surface area contributed by atoms with E-state index in [-0.39, 0.29) is 0 Å². The van der Waals surface area contributed by atoms with E-state index in [1.807, 2.05) is 18.5 Å². The lowest BCUT2D eigenvalue weighted by Gasteiger charge is -2.28. The summed E-state index contributed by atoms with van der Waals surface area (Å²) in [5.41, 5.74) is 0. The van der Waals surface area contributed by atoms with Gasteiger partial charge in [-0.25, -0.2) is 9.24 Å². The van der Waals surface area contributed by atoms with Gasteiger partial charge in [0.1, 0.15) is 0 Å². The summed E-state index contributed by atoms with van der Waals surface area (Å²) in [7, 11) is -2.99. The topological polar surface area (TPSA) is 38.8 Å². The van der Waals surface area contributed by atoms with E-state index < -0.39 is 7.75 Å². The predicted molar refractivity (Wildman–Crippen MR) is 60.9 cm³/mol. The van der Waals surface area contributed by atoms with E-state index in [1.54, 1.807) is 0 Å². The second kappa shape index (κ2) is 6.64. The van der Waals surface area contributed by atoms with Crippen LogP contribution in [0.2, 0.25) is 0 Å². The Kier molecular flexibility index (Phi) is 5.83. The Morgan fingerprint density at radius 2 is 1.47 bits per heavy atom. The maximum atomic E-state index is 12.4. The Bertz CT molecular complexity index is 205.